The van der Waals surface area contributed by atoms with Crippen molar-refractivity contribution in [2.45, 2.75) is 17.2 Å². The maximum atomic E-state index is 11.5. The van der Waals surface area contributed by atoms with Gasteiger partial charge in [0.15, 0.2) is 9.84 Å². The Morgan fingerprint density at radius 2 is 2.19 bits per heavy atom. The monoisotopic (exact) mass is 241 g/mol. The van der Waals surface area contributed by atoms with Crippen LogP contribution in [0, 0.1) is 0 Å². The van der Waals surface area contributed by atoms with Gasteiger partial charge in [0.2, 0.25) is 0 Å². The van der Waals surface area contributed by atoms with Gasteiger partial charge in [-0.3, -0.25) is 0 Å². The molecular formula is C11H15NO3S. The van der Waals surface area contributed by atoms with Crippen molar-refractivity contribution in [3.8, 4) is 0 Å². The van der Waals surface area contributed by atoms with E-state index in [-0.39, 0.29) is 4.90 Å². The lowest BCUT2D eigenvalue weighted by atomic mass is 9.98. The molecule has 1 heterocycles. The molecule has 1 aromatic rings. The van der Waals surface area contributed by atoms with Gasteiger partial charge in [0.1, 0.15) is 0 Å². The molecule has 0 aliphatic carbocycles. The second-order valence-electron chi connectivity index (χ2n) is 4.13. The van der Waals surface area contributed by atoms with Crippen molar-refractivity contribution in [3.05, 3.63) is 23.8 Å². The lowest BCUT2D eigenvalue weighted by Gasteiger charge is -2.11. The Bertz CT molecular complexity index is 490. The Morgan fingerprint density at radius 3 is 2.75 bits per heavy atom. The number of rotatable bonds is 2. The summed E-state index contributed by atoms with van der Waals surface area (Å²) >= 11 is 0. The topological polar surface area (TPSA) is 69.4 Å². The van der Waals surface area contributed by atoms with Gasteiger partial charge in [0, 0.05) is 18.8 Å². The molecule has 1 saturated heterocycles. The van der Waals surface area contributed by atoms with E-state index in [2.05, 4.69) is 0 Å². The third kappa shape index (κ3) is 2.20. The third-order valence-corrected chi connectivity index (χ3v) is 3.99. The number of nitrogens with two attached hydrogens (primary N) is 1. The summed E-state index contributed by atoms with van der Waals surface area (Å²) in [6, 6.07) is 5.21. The lowest BCUT2D eigenvalue weighted by molar-refractivity contribution is 0.194. The standard InChI is InChI=1S/C11H15NO3S/c1-16(13,14)11-6-8(2-3-10(11)12)9-4-5-15-7-9/h2-3,6,9H,4-5,7,12H2,1H3. The van der Waals surface area contributed by atoms with E-state index in [4.69, 9.17) is 10.5 Å². The first-order chi connectivity index (χ1) is 7.48. The van der Waals surface area contributed by atoms with E-state index < -0.39 is 9.84 Å². The highest BCUT2D eigenvalue weighted by Crippen LogP contribution is 2.29. The number of sulfone groups is 1. The highest BCUT2D eigenvalue weighted by Gasteiger charge is 2.20. The maximum Gasteiger partial charge on any atom is 0.177 e. The van der Waals surface area contributed by atoms with Crippen molar-refractivity contribution in [1.29, 1.82) is 0 Å². The van der Waals surface area contributed by atoms with Crippen molar-refractivity contribution < 1.29 is 13.2 Å². The Balaban J connectivity index is 2.43. The molecule has 4 nitrogen and oxygen atoms in total. The number of anilines is 1. The summed E-state index contributed by atoms with van der Waals surface area (Å²) in [5.41, 5.74) is 6.97. The van der Waals surface area contributed by atoms with Crippen LogP contribution >= 0.6 is 0 Å². The van der Waals surface area contributed by atoms with Gasteiger partial charge in [0.05, 0.1) is 17.2 Å². The molecule has 1 fully saturated rings. The summed E-state index contributed by atoms with van der Waals surface area (Å²) in [7, 11) is -3.25. The van der Waals surface area contributed by atoms with Crippen LogP contribution in [0.15, 0.2) is 23.1 Å². The SMILES string of the molecule is CS(=O)(=O)c1cc(C2CCOC2)ccc1N. The van der Waals surface area contributed by atoms with E-state index in [1.54, 1.807) is 12.1 Å². The smallest absolute Gasteiger partial charge is 0.177 e. The van der Waals surface area contributed by atoms with Gasteiger partial charge < -0.3 is 10.5 Å². The minimum Gasteiger partial charge on any atom is -0.398 e. The molecule has 0 spiro atoms. The van der Waals surface area contributed by atoms with Crippen LogP contribution < -0.4 is 5.73 Å². The Hall–Kier alpha value is -1.07. The summed E-state index contributed by atoms with van der Waals surface area (Å²) in [5.74, 6) is 0.293. The van der Waals surface area contributed by atoms with Gasteiger partial charge in [-0.25, -0.2) is 8.42 Å². The van der Waals surface area contributed by atoms with Gasteiger partial charge in [0.25, 0.3) is 0 Å². The normalized spacial score (nSPS) is 21.2. The molecule has 0 aromatic heterocycles. The minimum absolute atomic E-state index is 0.219. The van der Waals surface area contributed by atoms with Gasteiger partial charge in [-0.05, 0) is 24.1 Å². The van der Waals surface area contributed by atoms with Crippen molar-refractivity contribution in [2.75, 3.05) is 25.2 Å². The van der Waals surface area contributed by atoms with E-state index in [9.17, 15) is 8.42 Å². The lowest BCUT2D eigenvalue weighted by Crippen LogP contribution is -2.05. The van der Waals surface area contributed by atoms with Gasteiger partial charge >= 0.3 is 0 Å². The van der Waals surface area contributed by atoms with Crippen LogP contribution in [0.5, 0.6) is 0 Å². The molecule has 1 aliphatic rings. The summed E-state index contributed by atoms with van der Waals surface area (Å²) in [5, 5.41) is 0. The molecule has 0 bridgehead atoms. The summed E-state index contributed by atoms with van der Waals surface area (Å²) < 4.78 is 28.3. The molecule has 1 aromatic carbocycles. The molecule has 0 radical (unpaired) electrons. The predicted molar refractivity (Wildman–Crippen MR) is 62.1 cm³/mol. The second kappa shape index (κ2) is 4.07. The second-order valence-corrected chi connectivity index (χ2v) is 6.11. The first-order valence-electron chi connectivity index (χ1n) is 5.15. The molecule has 5 heteroatoms. The Labute approximate surface area is 95.3 Å². The molecule has 1 unspecified atom stereocenters. The first-order valence-corrected chi connectivity index (χ1v) is 7.05. The summed E-state index contributed by atoms with van der Waals surface area (Å²) in [4.78, 5) is 0.219. The number of ether oxygens (including phenoxy) is 1. The first kappa shape index (κ1) is 11.4. The van der Waals surface area contributed by atoms with Crippen LogP contribution in [-0.4, -0.2) is 27.9 Å². The minimum atomic E-state index is -3.25. The fourth-order valence-corrected chi connectivity index (χ4v) is 2.77. The van der Waals surface area contributed by atoms with Crippen molar-refractivity contribution in [3.63, 3.8) is 0 Å². The van der Waals surface area contributed by atoms with E-state index in [1.165, 1.54) is 6.26 Å². The highest BCUT2D eigenvalue weighted by atomic mass is 32.2. The number of nitrogen functional groups attached to an aromatic ring is 1. The molecule has 1 aliphatic heterocycles. The van der Waals surface area contributed by atoms with E-state index in [1.807, 2.05) is 6.07 Å². The summed E-state index contributed by atoms with van der Waals surface area (Å²) in [6.07, 6.45) is 2.11. The fraction of sp³-hybridized carbons (Fsp3) is 0.455. The van der Waals surface area contributed by atoms with E-state index in [0.29, 0.717) is 18.2 Å². The van der Waals surface area contributed by atoms with Crippen LogP contribution in [0.25, 0.3) is 0 Å². The molecule has 0 saturated carbocycles. The largest absolute Gasteiger partial charge is 0.398 e. The molecule has 16 heavy (non-hydrogen) atoms. The predicted octanol–water partition coefficient (Wildman–Crippen LogP) is 1.18. The molecule has 88 valence electrons. The number of hydrogen-bond acceptors (Lipinski definition) is 4. The van der Waals surface area contributed by atoms with Crippen LogP contribution in [0.3, 0.4) is 0 Å². The van der Waals surface area contributed by atoms with Gasteiger partial charge in [-0.1, -0.05) is 6.07 Å². The van der Waals surface area contributed by atoms with Crippen molar-refractivity contribution >= 4 is 15.5 Å². The molecule has 2 rings (SSSR count). The average molecular weight is 241 g/mol. The zero-order chi connectivity index (χ0) is 11.8. The molecular weight excluding hydrogens is 226 g/mol. The molecule has 2 N–H and O–H groups in total. The zero-order valence-corrected chi connectivity index (χ0v) is 9.96. The Kier molecular flexibility index (Phi) is 2.90. The maximum absolute atomic E-state index is 11.5. The molecule has 0 amide bonds. The molecule has 1 atom stereocenters. The summed E-state index contributed by atoms with van der Waals surface area (Å²) in [6.45, 7) is 1.40. The number of benzene rings is 1. The quantitative estimate of drug-likeness (QED) is 0.789. The van der Waals surface area contributed by atoms with Crippen molar-refractivity contribution in [2.24, 2.45) is 0 Å². The average Bonchev–Trinajstić information content (AvgIpc) is 2.69. The van der Waals surface area contributed by atoms with Crippen LogP contribution in [-0.2, 0) is 14.6 Å². The van der Waals surface area contributed by atoms with E-state index in [0.717, 1.165) is 18.6 Å². The zero-order valence-electron chi connectivity index (χ0n) is 9.14. The highest BCUT2D eigenvalue weighted by molar-refractivity contribution is 7.90. The van der Waals surface area contributed by atoms with Gasteiger partial charge in [-0.15, -0.1) is 0 Å². The number of hydrogen-bond donors (Lipinski definition) is 1. The third-order valence-electron chi connectivity index (χ3n) is 2.84. The van der Waals surface area contributed by atoms with Crippen LogP contribution in [0.1, 0.15) is 17.9 Å². The fourth-order valence-electron chi connectivity index (χ4n) is 1.92. The van der Waals surface area contributed by atoms with Crippen molar-refractivity contribution in [1.82, 2.24) is 0 Å². The van der Waals surface area contributed by atoms with Crippen LogP contribution in [0.2, 0.25) is 0 Å². The van der Waals surface area contributed by atoms with Crippen LogP contribution in [0.4, 0.5) is 5.69 Å². The Morgan fingerprint density at radius 1 is 1.44 bits per heavy atom. The van der Waals surface area contributed by atoms with Gasteiger partial charge in [-0.2, -0.15) is 0 Å². The van der Waals surface area contributed by atoms with E-state index >= 15 is 0 Å².